The van der Waals surface area contributed by atoms with E-state index < -0.39 is 0 Å². The first-order chi connectivity index (χ1) is 9.25. The number of hydrogen-bond acceptors (Lipinski definition) is 4. The van der Waals surface area contributed by atoms with E-state index in [4.69, 9.17) is 4.74 Å². The molecule has 5 nitrogen and oxygen atoms in total. The number of halogens is 2. The summed E-state index contributed by atoms with van der Waals surface area (Å²) in [5, 5.41) is 6.40. The smallest absolute Gasteiger partial charge is 0.220 e. The van der Waals surface area contributed by atoms with Crippen molar-refractivity contribution >= 4 is 30.7 Å². The minimum atomic E-state index is 0. The van der Waals surface area contributed by atoms with Crippen LogP contribution in [0.5, 0.6) is 0 Å². The maximum Gasteiger partial charge on any atom is 0.220 e. The summed E-state index contributed by atoms with van der Waals surface area (Å²) in [4.78, 5) is 14.2. The largest absolute Gasteiger partial charge is 0.379 e. The van der Waals surface area contributed by atoms with Crippen LogP contribution in [0.4, 0.5) is 0 Å². The van der Waals surface area contributed by atoms with Crippen molar-refractivity contribution in [3.8, 4) is 0 Å². The van der Waals surface area contributed by atoms with E-state index in [1.807, 2.05) is 0 Å². The molecule has 7 heteroatoms. The topological polar surface area (TPSA) is 53.6 Å². The molecule has 0 aromatic heterocycles. The second kappa shape index (κ2) is 11.5. The fraction of sp³-hybridized carbons (Fsp3) is 0.929. The van der Waals surface area contributed by atoms with E-state index in [2.05, 4.69) is 22.5 Å². The third-order valence-electron chi connectivity index (χ3n) is 4.21. The lowest BCUT2D eigenvalue weighted by atomic mass is 10.0. The molecule has 2 aliphatic heterocycles. The first-order valence-electron chi connectivity index (χ1n) is 7.55. The van der Waals surface area contributed by atoms with E-state index in [0.717, 1.165) is 52.4 Å². The molecule has 2 fully saturated rings. The Kier molecular flexibility index (Phi) is 11.5. The normalized spacial score (nSPS) is 23.8. The van der Waals surface area contributed by atoms with Crippen LogP contribution in [0.25, 0.3) is 0 Å². The number of hydrogen-bond donors (Lipinski definition) is 2. The van der Waals surface area contributed by atoms with Crippen molar-refractivity contribution in [1.82, 2.24) is 15.5 Å². The molecule has 21 heavy (non-hydrogen) atoms. The van der Waals surface area contributed by atoms with Crippen molar-refractivity contribution in [2.75, 3.05) is 45.9 Å². The molecule has 2 aliphatic rings. The third kappa shape index (κ3) is 7.66. The van der Waals surface area contributed by atoms with Crippen LogP contribution in [-0.4, -0.2) is 62.8 Å². The minimum absolute atomic E-state index is 0. The number of carbonyl (C=O) groups excluding carboxylic acids is 1. The molecule has 2 N–H and O–H groups in total. The zero-order chi connectivity index (χ0) is 13.5. The molecule has 126 valence electrons. The monoisotopic (exact) mass is 341 g/mol. The van der Waals surface area contributed by atoms with E-state index in [-0.39, 0.29) is 30.7 Å². The Morgan fingerprint density at radius 1 is 1.38 bits per heavy atom. The molecule has 0 saturated carbocycles. The Morgan fingerprint density at radius 2 is 2.10 bits per heavy atom. The SMILES string of the molecule is CC(CNC(=O)CCC1CCNC1)N1CCOCC1.Cl.Cl. The number of rotatable bonds is 6. The highest BCUT2D eigenvalue weighted by Gasteiger charge is 2.18. The van der Waals surface area contributed by atoms with Gasteiger partial charge in [-0.15, -0.1) is 24.8 Å². The van der Waals surface area contributed by atoms with E-state index in [1.54, 1.807) is 0 Å². The fourth-order valence-corrected chi connectivity index (χ4v) is 2.79. The predicted molar refractivity (Wildman–Crippen MR) is 89.6 cm³/mol. The standard InChI is InChI=1S/C14H27N3O2.2ClH/c1-12(17-6-8-19-9-7-17)10-16-14(18)3-2-13-4-5-15-11-13;;/h12-13,15H,2-11H2,1H3,(H,16,18);2*1H. The highest BCUT2D eigenvalue weighted by atomic mass is 35.5. The van der Waals surface area contributed by atoms with E-state index in [9.17, 15) is 4.79 Å². The molecule has 0 bridgehead atoms. The van der Waals surface area contributed by atoms with Crippen LogP contribution in [0.2, 0.25) is 0 Å². The molecule has 0 spiro atoms. The second-order valence-corrected chi connectivity index (χ2v) is 5.70. The lowest BCUT2D eigenvalue weighted by Gasteiger charge is -2.32. The van der Waals surface area contributed by atoms with Crippen molar-refractivity contribution < 1.29 is 9.53 Å². The number of nitrogens with one attached hydrogen (secondary N) is 2. The average Bonchev–Trinajstić information content (AvgIpc) is 2.96. The van der Waals surface area contributed by atoms with Crippen molar-refractivity contribution in [1.29, 1.82) is 0 Å². The quantitative estimate of drug-likeness (QED) is 0.758. The van der Waals surface area contributed by atoms with Gasteiger partial charge in [0.2, 0.25) is 5.91 Å². The van der Waals surface area contributed by atoms with Crippen molar-refractivity contribution in [3.63, 3.8) is 0 Å². The van der Waals surface area contributed by atoms with Crippen LogP contribution in [0, 0.1) is 5.92 Å². The third-order valence-corrected chi connectivity index (χ3v) is 4.21. The summed E-state index contributed by atoms with van der Waals surface area (Å²) in [5.41, 5.74) is 0. The summed E-state index contributed by atoms with van der Waals surface area (Å²) in [7, 11) is 0. The lowest BCUT2D eigenvalue weighted by Crippen LogP contribution is -2.47. The van der Waals surface area contributed by atoms with E-state index in [1.165, 1.54) is 6.42 Å². The molecule has 2 saturated heterocycles. The number of morpholine rings is 1. The molecular formula is C14H29Cl2N3O2. The number of carbonyl (C=O) groups is 1. The van der Waals surface area contributed by atoms with Gasteiger partial charge in [-0.3, -0.25) is 9.69 Å². The van der Waals surface area contributed by atoms with Gasteiger partial charge in [-0.2, -0.15) is 0 Å². The average molecular weight is 342 g/mol. The highest BCUT2D eigenvalue weighted by Crippen LogP contribution is 2.13. The zero-order valence-corrected chi connectivity index (χ0v) is 14.4. The van der Waals surface area contributed by atoms with Gasteiger partial charge in [-0.25, -0.2) is 0 Å². The van der Waals surface area contributed by atoms with Gasteiger partial charge in [0.15, 0.2) is 0 Å². The summed E-state index contributed by atoms with van der Waals surface area (Å²) in [6, 6.07) is 0.404. The van der Waals surface area contributed by atoms with Crippen LogP contribution < -0.4 is 10.6 Å². The Hall–Kier alpha value is -0.0700. The van der Waals surface area contributed by atoms with Gasteiger partial charge in [0.25, 0.3) is 0 Å². The first kappa shape index (κ1) is 20.9. The number of amides is 1. The van der Waals surface area contributed by atoms with Crippen molar-refractivity contribution in [2.45, 2.75) is 32.2 Å². The molecular weight excluding hydrogens is 313 g/mol. The lowest BCUT2D eigenvalue weighted by molar-refractivity contribution is -0.121. The Balaban J connectivity index is 0.00000200. The Morgan fingerprint density at radius 3 is 2.71 bits per heavy atom. The summed E-state index contributed by atoms with van der Waals surface area (Å²) >= 11 is 0. The fourth-order valence-electron chi connectivity index (χ4n) is 2.79. The van der Waals surface area contributed by atoms with E-state index in [0.29, 0.717) is 18.4 Å². The molecule has 0 aromatic rings. The van der Waals surface area contributed by atoms with Gasteiger partial charge in [-0.05, 0) is 38.8 Å². The van der Waals surface area contributed by atoms with Gasteiger partial charge in [0, 0.05) is 32.1 Å². The van der Waals surface area contributed by atoms with Gasteiger partial charge in [0.1, 0.15) is 0 Å². The summed E-state index contributed by atoms with van der Waals surface area (Å²) in [6.07, 6.45) is 2.91. The molecule has 0 radical (unpaired) electrons. The minimum Gasteiger partial charge on any atom is -0.379 e. The maximum atomic E-state index is 11.8. The van der Waals surface area contributed by atoms with Crippen LogP contribution in [0.3, 0.4) is 0 Å². The molecule has 2 unspecified atom stereocenters. The maximum absolute atomic E-state index is 11.8. The second-order valence-electron chi connectivity index (χ2n) is 5.70. The van der Waals surface area contributed by atoms with Gasteiger partial charge < -0.3 is 15.4 Å². The summed E-state index contributed by atoms with van der Waals surface area (Å²) in [6.45, 7) is 8.70. The van der Waals surface area contributed by atoms with Crippen LogP contribution in [0.1, 0.15) is 26.2 Å². The Labute approximate surface area is 140 Å². The van der Waals surface area contributed by atoms with E-state index >= 15 is 0 Å². The van der Waals surface area contributed by atoms with Crippen molar-refractivity contribution in [2.24, 2.45) is 5.92 Å². The molecule has 2 heterocycles. The van der Waals surface area contributed by atoms with Gasteiger partial charge in [0.05, 0.1) is 13.2 Å². The zero-order valence-electron chi connectivity index (χ0n) is 12.8. The molecule has 2 rings (SSSR count). The molecule has 0 aliphatic carbocycles. The highest BCUT2D eigenvalue weighted by molar-refractivity contribution is 5.85. The van der Waals surface area contributed by atoms with Crippen LogP contribution >= 0.6 is 24.8 Å². The summed E-state index contributed by atoms with van der Waals surface area (Å²) < 4.78 is 5.34. The van der Waals surface area contributed by atoms with Crippen molar-refractivity contribution in [3.05, 3.63) is 0 Å². The summed E-state index contributed by atoms with van der Waals surface area (Å²) in [5.74, 6) is 0.898. The number of ether oxygens (including phenoxy) is 1. The molecule has 2 atom stereocenters. The number of nitrogens with zero attached hydrogens (tertiary/aromatic N) is 1. The molecule has 1 amide bonds. The van der Waals surface area contributed by atoms with Gasteiger partial charge in [-0.1, -0.05) is 0 Å². The van der Waals surface area contributed by atoms with Crippen LogP contribution in [-0.2, 0) is 9.53 Å². The molecule has 0 aromatic carbocycles. The van der Waals surface area contributed by atoms with Gasteiger partial charge >= 0.3 is 0 Å². The predicted octanol–water partition coefficient (Wildman–Crippen LogP) is 1.06. The van der Waals surface area contributed by atoms with Crippen LogP contribution in [0.15, 0.2) is 0 Å². The first-order valence-corrected chi connectivity index (χ1v) is 7.55. The Bertz CT molecular complexity index is 283.